The molecule has 25 heavy (non-hydrogen) atoms. The van der Waals surface area contributed by atoms with Crippen molar-refractivity contribution in [3.05, 3.63) is 42.0 Å². The number of hydrogen-bond acceptors (Lipinski definition) is 5. The first-order valence-corrected chi connectivity index (χ1v) is 8.36. The van der Waals surface area contributed by atoms with E-state index in [9.17, 15) is 9.59 Å². The third kappa shape index (κ3) is 5.03. The Balaban J connectivity index is 1.46. The summed E-state index contributed by atoms with van der Waals surface area (Å²) in [5.41, 5.74) is 0. The van der Waals surface area contributed by atoms with Crippen LogP contribution in [-0.2, 0) is 22.7 Å². The van der Waals surface area contributed by atoms with Gasteiger partial charge in [0.05, 0.1) is 6.54 Å². The van der Waals surface area contributed by atoms with Gasteiger partial charge in [0.25, 0.3) is 0 Å². The molecule has 0 saturated carbocycles. The molecule has 0 radical (unpaired) electrons. The van der Waals surface area contributed by atoms with Crippen LogP contribution in [0.25, 0.3) is 0 Å². The van der Waals surface area contributed by atoms with E-state index in [0.29, 0.717) is 24.5 Å². The number of carbonyl (C=O) groups excluding carboxylic acids is 2. The van der Waals surface area contributed by atoms with Crippen LogP contribution in [0.4, 0.5) is 0 Å². The van der Waals surface area contributed by atoms with Crippen LogP contribution in [-0.4, -0.2) is 33.0 Å². The van der Waals surface area contributed by atoms with Gasteiger partial charge in [0.2, 0.25) is 11.8 Å². The quantitative estimate of drug-likeness (QED) is 0.727. The van der Waals surface area contributed by atoms with E-state index >= 15 is 0 Å². The molecule has 8 heteroatoms. The van der Waals surface area contributed by atoms with E-state index < -0.39 is 6.04 Å². The topological polar surface area (TPSA) is 109 Å². The highest BCUT2D eigenvalue weighted by molar-refractivity contribution is 5.87. The predicted octanol–water partition coefficient (Wildman–Crippen LogP) is 1.06. The molecular weight excluding hydrogens is 322 g/mol. The molecule has 1 aliphatic heterocycles. The molecule has 0 aliphatic carbocycles. The second-order valence-electron chi connectivity index (χ2n) is 5.88. The predicted molar refractivity (Wildman–Crippen MR) is 89.4 cm³/mol. The van der Waals surface area contributed by atoms with Gasteiger partial charge >= 0.3 is 0 Å². The van der Waals surface area contributed by atoms with Crippen molar-refractivity contribution < 1.29 is 14.3 Å². The van der Waals surface area contributed by atoms with Crippen molar-refractivity contribution in [2.75, 3.05) is 0 Å². The first kappa shape index (κ1) is 16.9. The molecule has 1 aromatic heterocycles. The fourth-order valence-corrected chi connectivity index (χ4v) is 2.61. The molecule has 132 valence electrons. The van der Waals surface area contributed by atoms with Crippen LogP contribution in [0.15, 0.2) is 30.3 Å². The second-order valence-corrected chi connectivity index (χ2v) is 5.88. The number of benzene rings is 1. The van der Waals surface area contributed by atoms with E-state index in [1.807, 2.05) is 30.3 Å². The third-order valence-electron chi connectivity index (χ3n) is 3.92. The Morgan fingerprint density at radius 3 is 2.96 bits per heavy atom. The maximum Gasteiger partial charge on any atom is 0.242 e. The van der Waals surface area contributed by atoms with Crippen LogP contribution < -0.4 is 15.4 Å². The molecule has 0 spiro atoms. The summed E-state index contributed by atoms with van der Waals surface area (Å²) in [4.78, 5) is 28.0. The largest absolute Gasteiger partial charge is 0.486 e. The number of aromatic nitrogens is 3. The summed E-state index contributed by atoms with van der Waals surface area (Å²) in [5.74, 6) is 1.52. The molecule has 3 N–H and O–H groups in total. The van der Waals surface area contributed by atoms with Crippen LogP contribution in [0.1, 0.15) is 37.3 Å². The Labute approximate surface area is 145 Å². The molecule has 8 nitrogen and oxygen atoms in total. The number of H-pyrrole nitrogens is 1. The number of carbonyl (C=O) groups is 2. The lowest BCUT2D eigenvalue weighted by molar-refractivity contribution is -0.128. The van der Waals surface area contributed by atoms with E-state index in [1.54, 1.807) is 0 Å². The monoisotopic (exact) mass is 343 g/mol. The fraction of sp³-hybridized carbons (Fsp3) is 0.412. The van der Waals surface area contributed by atoms with Crippen molar-refractivity contribution in [3.63, 3.8) is 0 Å². The second kappa shape index (κ2) is 8.27. The van der Waals surface area contributed by atoms with E-state index in [1.165, 1.54) is 0 Å². The van der Waals surface area contributed by atoms with E-state index in [0.717, 1.165) is 18.6 Å². The highest BCUT2D eigenvalue weighted by atomic mass is 16.5. The highest BCUT2D eigenvalue weighted by Gasteiger charge is 2.23. The van der Waals surface area contributed by atoms with E-state index in [-0.39, 0.29) is 25.0 Å². The first-order valence-electron chi connectivity index (χ1n) is 8.36. The summed E-state index contributed by atoms with van der Waals surface area (Å²) in [6.07, 6.45) is 2.82. The molecule has 2 aromatic rings. The van der Waals surface area contributed by atoms with Gasteiger partial charge in [0.15, 0.2) is 11.6 Å². The summed E-state index contributed by atoms with van der Waals surface area (Å²) in [7, 11) is 0. The zero-order chi connectivity index (χ0) is 17.5. The molecule has 2 heterocycles. The minimum Gasteiger partial charge on any atom is -0.486 e. The van der Waals surface area contributed by atoms with Crippen molar-refractivity contribution in [1.82, 2.24) is 25.8 Å². The summed E-state index contributed by atoms with van der Waals surface area (Å²) >= 11 is 0. The highest BCUT2D eigenvalue weighted by Crippen LogP contribution is 2.11. The maximum atomic E-state index is 12.2. The molecule has 1 saturated heterocycles. The SMILES string of the molecule is O=C1CCCCC(C(=O)NCc2n[nH]c(COc3ccccc3)n2)N1. The maximum absolute atomic E-state index is 12.2. The van der Waals surface area contributed by atoms with Crippen LogP contribution in [0.5, 0.6) is 5.75 Å². The summed E-state index contributed by atoms with van der Waals surface area (Å²) in [6.45, 7) is 0.469. The Bertz CT molecular complexity index is 716. The number of para-hydroxylation sites is 1. The van der Waals surface area contributed by atoms with Gasteiger partial charge in [-0.25, -0.2) is 4.98 Å². The molecule has 1 fully saturated rings. The van der Waals surface area contributed by atoms with E-state index in [4.69, 9.17) is 4.74 Å². The van der Waals surface area contributed by atoms with Crippen LogP contribution in [0, 0.1) is 0 Å². The lowest BCUT2D eigenvalue weighted by Gasteiger charge is -2.14. The van der Waals surface area contributed by atoms with Crippen LogP contribution in [0.3, 0.4) is 0 Å². The standard InChI is InChI=1S/C17H21N5O3/c23-16-9-5-4-8-13(19-16)17(24)18-10-14-20-15(22-21-14)11-25-12-6-2-1-3-7-12/h1-3,6-7,13H,4-5,8-11H2,(H,18,24)(H,19,23)(H,20,21,22). The molecule has 2 amide bonds. The molecule has 1 unspecified atom stereocenters. The van der Waals surface area contributed by atoms with Gasteiger partial charge in [-0.2, -0.15) is 5.10 Å². The van der Waals surface area contributed by atoms with Crippen molar-refractivity contribution in [2.45, 2.75) is 44.9 Å². The molecular formula is C17H21N5O3. The minimum atomic E-state index is -0.477. The number of amides is 2. The summed E-state index contributed by atoms with van der Waals surface area (Å²) in [5, 5.41) is 12.4. The van der Waals surface area contributed by atoms with Crippen molar-refractivity contribution >= 4 is 11.8 Å². The number of aromatic amines is 1. The van der Waals surface area contributed by atoms with Gasteiger partial charge in [-0.1, -0.05) is 24.6 Å². The van der Waals surface area contributed by atoms with Crippen LogP contribution >= 0.6 is 0 Å². The summed E-state index contributed by atoms with van der Waals surface area (Å²) in [6, 6.07) is 8.94. The lowest BCUT2D eigenvalue weighted by atomic mass is 10.1. The molecule has 1 aromatic carbocycles. The van der Waals surface area contributed by atoms with Crippen molar-refractivity contribution in [2.24, 2.45) is 0 Å². The third-order valence-corrected chi connectivity index (χ3v) is 3.92. The fourth-order valence-electron chi connectivity index (χ4n) is 2.61. The first-order chi connectivity index (χ1) is 12.2. The van der Waals surface area contributed by atoms with Gasteiger partial charge in [-0.05, 0) is 25.0 Å². The zero-order valence-electron chi connectivity index (χ0n) is 13.8. The lowest BCUT2D eigenvalue weighted by Crippen LogP contribution is -2.45. The normalized spacial score (nSPS) is 17.4. The average molecular weight is 343 g/mol. The number of ether oxygens (including phenoxy) is 1. The number of rotatable bonds is 6. The van der Waals surface area contributed by atoms with Gasteiger partial charge in [-0.15, -0.1) is 0 Å². The summed E-state index contributed by atoms with van der Waals surface area (Å²) < 4.78 is 5.58. The number of nitrogens with one attached hydrogen (secondary N) is 3. The van der Waals surface area contributed by atoms with Crippen LogP contribution in [0.2, 0.25) is 0 Å². The molecule has 3 rings (SSSR count). The molecule has 1 aliphatic rings. The number of nitrogens with zero attached hydrogens (tertiary/aromatic N) is 2. The zero-order valence-corrected chi connectivity index (χ0v) is 13.8. The number of hydrogen-bond donors (Lipinski definition) is 3. The molecule has 1 atom stereocenters. The Morgan fingerprint density at radius 2 is 2.12 bits per heavy atom. The van der Waals surface area contributed by atoms with Gasteiger partial charge in [-0.3, -0.25) is 14.7 Å². The van der Waals surface area contributed by atoms with Gasteiger partial charge in [0, 0.05) is 6.42 Å². The smallest absolute Gasteiger partial charge is 0.242 e. The Hall–Kier alpha value is -2.90. The Kier molecular flexibility index (Phi) is 5.61. The van der Waals surface area contributed by atoms with Crippen molar-refractivity contribution in [3.8, 4) is 5.75 Å². The average Bonchev–Trinajstić information content (AvgIpc) is 2.98. The van der Waals surface area contributed by atoms with E-state index in [2.05, 4.69) is 25.8 Å². The molecule has 0 bridgehead atoms. The van der Waals surface area contributed by atoms with Gasteiger partial charge in [0.1, 0.15) is 18.4 Å². The minimum absolute atomic E-state index is 0.0732. The van der Waals surface area contributed by atoms with Gasteiger partial charge < -0.3 is 15.4 Å². The Morgan fingerprint density at radius 1 is 1.28 bits per heavy atom. The van der Waals surface area contributed by atoms with Crippen molar-refractivity contribution in [1.29, 1.82) is 0 Å².